The molecule has 4 aromatic rings. The lowest BCUT2D eigenvalue weighted by Crippen LogP contribution is -2.24. The third-order valence-corrected chi connectivity index (χ3v) is 4.62. The molecule has 4 aromatic heterocycles. The Labute approximate surface area is 152 Å². The van der Waals surface area contributed by atoms with E-state index in [2.05, 4.69) is 20.2 Å². The Kier molecular flexibility index (Phi) is 3.39. The summed E-state index contributed by atoms with van der Waals surface area (Å²) < 4.78 is 13.7. The van der Waals surface area contributed by atoms with E-state index in [9.17, 15) is 4.79 Å². The fraction of sp³-hybridized carbons (Fsp3) is 0.353. The second-order valence-electron chi connectivity index (χ2n) is 6.50. The van der Waals surface area contributed by atoms with Gasteiger partial charge in [0.15, 0.2) is 23.1 Å². The number of nitrogens with zero attached hydrogens (tertiary/aromatic N) is 6. The lowest BCUT2D eigenvalue weighted by atomic mass is 10.2. The predicted octanol–water partition coefficient (Wildman–Crippen LogP) is 1.83. The summed E-state index contributed by atoms with van der Waals surface area (Å²) in [4.78, 5) is 21.3. The summed E-state index contributed by atoms with van der Waals surface area (Å²) in [6, 6.07) is 3.06. The maximum Gasteiger partial charge on any atom is 0.331 e. The van der Waals surface area contributed by atoms with Gasteiger partial charge in [-0.3, -0.25) is 4.68 Å². The highest BCUT2D eigenvalue weighted by Gasteiger charge is 2.39. The first-order chi connectivity index (χ1) is 13.2. The number of rotatable bonds is 5. The highest BCUT2D eigenvalue weighted by Crippen LogP contribution is 2.40. The van der Waals surface area contributed by atoms with E-state index in [1.165, 1.54) is 4.52 Å². The molecule has 1 aliphatic rings. The van der Waals surface area contributed by atoms with Crippen molar-refractivity contribution in [2.45, 2.75) is 25.8 Å². The van der Waals surface area contributed by atoms with Crippen LogP contribution in [0.4, 0.5) is 5.95 Å². The minimum atomic E-state index is -0.465. The quantitative estimate of drug-likeness (QED) is 0.529. The maximum atomic E-state index is 12.4. The Hall–Kier alpha value is -3.43. The zero-order valence-corrected chi connectivity index (χ0v) is 14.6. The molecule has 138 valence electrons. The number of anilines is 1. The summed E-state index contributed by atoms with van der Waals surface area (Å²) in [7, 11) is 0. The first-order valence-corrected chi connectivity index (χ1v) is 8.77. The fourth-order valence-corrected chi connectivity index (χ4v) is 3.23. The van der Waals surface area contributed by atoms with Gasteiger partial charge in [0.2, 0.25) is 11.8 Å². The molecule has 1 aliphatic carbocycles. The molecule has 0 spiro atoms. The van der Waals surface area contributed by atoms with Crippen LogP contribution < -0.4 is 5.73 Å². The van der Waals surface area contributed by atoms with Crippen LogP contribution in [-0.2, 0) is 9.53 Å². The molecule has 10 heteroatoms. The summed E-state index contributed by atoms with van der Waals surface area (Å²) in [6.45, 7) is 2.12. The van der Waals surface area contributed by atoms with Crippen LogP contribution in [-0.4, -0.2) is 41.9 Å². The van der Waals surface area contributed by atoms with Crippen molar-refractivity contribution in [3.05, 3.63) is 24.6 Å². The van der Waals surface area contributed by atoms with E-state index < -0.39 is 6.04 Å². The van der Waals surface area contributed by atoms with E-state index >= 15 is 0 Å². The van der Waals surface area contributed by atoms with E-state index in [4.69, 9.17) is 14.9 Å². The molecule has 5 rings (SSSR count). The van der Waals surface area contributed by atoms with Gasteiger partial charge in [0.1, 0.15) is 0 Å². The van der Waals surface area contributed by atoms with Gasteiger partial charge in [0, 0.05) is 6.20 Å². The molecule has 1 atom stereocenters. The first kappa shape index (κ1) is 15.8. The SMILES string of the molecule is CCOC(=O)C(C1CC1)n1cc2c(nc(N)n3nc(-c4ccco4)nc23)n1. The normalized spacial score (nSPS) is 15.4. The number of furan rings is 1. The van der Waals surface area contributed by atoms with Crippen molar-refractivity contribution in [2.24, 2.45) is 5.92 Å². The molecular weight excluding hydrogens is 350 g/mol. The van der Waals surface area contributed by atoms with E-state index in [0.29, 0.717) is 34.9 Å². The topological polar surface area (TPSA) is 126 Å². The molecule has 1 fully saturated rings. The van der Waals surface area contributed by atoms with Crippen molar-refractivity contribution in [2.75, 3.05) is 12.3 Å². The third kappa shape index (κ3) is 2.52. The highest BCUT2D eigenvalue weighted by molar-refractivity contribution is 5.90. The lowest BCUT2D eigenvalue weighted by Gasteiger charge is -2.14. The maximum absolute atomic E-state index is 12.4. The molecule has 0 amide bonds. The zero-order valence-electron chi connectivity index (χ0n) is 14.6. The standard InChI is InChI=1S/C17H17N7O3/c1-2-26-16(25)12(9-5-6-9)23-8-10-13(21-23)20-17(18)24-15(10)19-14(22-24)11-4-3-7-27-11/h3-4,7-9,12H,2,5-6H2,1H3,(H2,18,20,21). The number of fused-ring (bicyclic) bond motifs is 3. The van der Waals surface area contributed by atoms with Crippen LogP contribution in [0.15, 0.2) is 29.0 Å². The van der Waals surface area contributed by atoms with E-state index in [0.717, 1.165) is 12.8 Å². The summed E-state index contributed by atoms with van der Waals surface area (Å²) >= 11 is 0. The number of carbonyl (C=O) groups is 1. The van der Waals surface area contributed by atoms with Crippen molar-refractivity contribution < 1.29 is 13.9 Å². The molecule has 0 aliphatic heterocycles. The van der Waals surface area contributed by atoms with Gasteiger partial charge in [-0.1, -0.05) is 0 Å². The average molecular weight is 367 g/mol. The van der Waals surface area contributed by atoms with Gasteiger partial charge < -0.3 is 14.9 Å². The molecule has 27 heavy (non-hydrogen) atoms. The van der Waals surface area contributed by atoms with Crippen LogP contribution in [0.5, 0.6) is 0 Å². The van der Waals surface area contributed by atoms with Gasteiger partial charge in [0.25, 0.3) is 0 Å². The van der Waals surface area contributed by atoms with Gasteiger partial charge in [-0.25, -0.2) is 9.78 Å². The van der Waals surface area contributed by atoms with Crippen molar-refractivity contribution in [3.8, 4) is 11.6 Å². The molecule has 0 radical (unpaired) electrons. The smallest absolute Gasteiger partial charge is 0.331 e. The predicted molar refractivity (Wildman–Crippen MR) is 94.6 cm³/mol. The molecular formula is C17H17N7O3. The van der Waals surface area contributed by atoms with Crippen LogP contribution in [0.2, 0.25) is 0 Å². The third-order valence-electron chi connectivity index (χ3n) is 4.62. The van der Waals surface area contributed by atoms with Crippen molar-refractivity contribution in [1.82, 2.24) is 29.4 Å². The van der Waals surface area contributed by atoms with E-state index in [-0.39, 0.29) is 17.8 Å². The van der Waals surface area contributed by atoms with E-state index in [1.54, 1.807) is 36.2 Å². The van der Waals surface area contributed by atoms with Crippen molar-refractivity contribution in [3.63, 3.8) is 0 Å². The van der Waals surface area contributed by atoms with Crippen molar-refractivity contribution in [1.29, 1.82) is 0 Å². The highest BCUT2D eigenvalue weighted by atomic mass is 16.5. The molecule has 10 nitrogen and oxygen atoms in total. The molecule has 0 saturated heterocycles. The van der Waals surface area contributed by atoms with Crippen LogP contribution >= 0.6 is 0 Å². The molecule has 0 bridgehead atoms. The van der Waals surface area contributed by atoms with Gasteiger partial charge in [-0.2, -0.15) is 14.6 Å². The summed E-state index contributed by atoms with van der Waals surface area (Å²) in [5, 5.41) is 9.50. The van der Waals surface area contributed by atoms with Crippen LogP contribution in [0.3, 0.4) is 0 Å². The van der Waals surface area contributed by atoms with Crippen molar-refractivity contribution >= 4 is 28.6 Å². The van der Waals surface area contributed by atoms with Crippen LogP contribution in [0, 0.1) is 5.92 Å². The van der Waals surface area contributed by atoms with Crippen LogP contribution in [0.25, 0.3) is 28.3 Å². The van der Waals surface area contributed by atoms with Gasteiger partial charge >= 0.3 is 5.97 Å². The number of hydrogen-bond donors (Lipinski definition) is 1. The number of esters is 1. The number of carbonyl (C=O) groups excluding carboxylic acids is 1. The summed E-state index contributed by atoms with van der Waals surface area (Å²) in [5.74, 6) is 1.03. The monoisotopic (exact) mass is 367 g/mol. The van der Waals surface area contributed by atoms with Crippen LogP contribution in [0.1, 0.15) is 25.8 Å². The molecule has 0 aromatic carbocycles. The molecule has 4 heterocycles. The van der Waals surface area contributed by atoms with Gasteiger partial charge in [0.05, 0.1) is 18.3 Å². The number of hydrogen-bond acceptors (Lipinski definition) is 8. The largest absolute Gasteiger partial charge is 0.464 e. The molecule has 1 unspecified atom stereocenters. The fourth-order valence-electron chi connectivity index (χ4n) is 3.23. The van der Waals surface area contributed by atoms with Gasteiger partial charge in [-0.15, -0.1) is 5.10 Å². The van der Waals surface area contributed by atoms with Gasteiger partial charge in [-0.05, 0) is 37.8 Å². The minimum absolute atomic E-state index is 0.159. The molecule has 2 N–H and O–H groups in total. The average Bonchev–Trinajstić information content (AvgIpc) is 3.05. The number of ether oxygens (including phenoxy) is 1. The molecule has 1 saturated carbocycles. The Balaban J connectivity index is 1.66. The van der Waals surface area contributed by atoms with E-state index in [1.807, 2.05) is 0 Å². The minimum Gasteiger partial charge on any atom is -0.464 e. The Bertz CT molecular complexity index is 1140. The Morgan fingerprint density at radius 3 is 2.96 bits per heavy atom. The second-order valence-corrected chi connectivity index (χ2v) is 6.50. The summed E-state index contributed by atoms with van der Waals surface area (Å²) in [5.41, 5.74) is 6.95. The second kappa shape index (κ2) is 5.79. The Morgan fingerprint density at radius 1 is 1.41 bits per heavy atom. The summed E-state index contributed by atoms with van der Waals surface area (Å²) in [6.07, 6.45) is 5.25. The number of aromatic nitrogens is 6. The zero-order chi connectivity index (χ0) is 18.5. The lowest BCUT2D eigenvalue weighted by molar-refractivity contribution is -0.148. The first-order valence-electron chi connectivity index (χ1n) is 8.77. The number of nitrogens with two attached hydrogens (primary N) is 1. The number of nitrogen functional groups attached to an aromatic ring is 1. The Morgan fingerprint density at radius 2 is 2.26 bits per heavy atom.